The summed E-state index contributed by atoms with van der Waals surface area (Å²) in [5.41, 5.74) is 7.26. The first-order valence-corrected chi connectivity index (χ1v) is 5.64. The standard InChI is InChI=1S/C12H10.CH3NS2.Mn/c1-3-7-11(8-4-1)12-9-5-2-6-10-12;2-1(3)4;/h1-10H;(H3,2,3,4);. The van der Waals surface area contributed by atoms with Crippen LogP contribution in [0.3, 0.4) is 0 Å². The number of thiol groups is 1. The van der Waals surface area contributed by atoms with Crippen LogP contribution in [0.2, 0.25) is 0 Å². The van der Waals surface area contributed by atoms with Crippen LogP contribution < -0.4 is 5.73 Å². The molecule has 1 nitrogen and oxygen atoms in total. The molecule has 2 aromatic carbocycles. The van der Waals surface area contributed by atoms with Gasteiger partial charge < -0.3 is 5.73 Å². The summed E-state index contributed by atoms with van der Waals surface area (Å²) in [6.07, 6.45) is 0. The maximum absolute atomic E-state index is 4.71. The predicted molar refractivity (Wildman–Crippen MR) is 77.6 cm³/mol. The fourth-order valence-corrected chi connectivity index (χ4v) is 1.26. The topological polar surface area (TPSA) is 26.0 Å². The first-order chi connectivity index (χ1) is 7.70. The van der Waals surface area contributed by atoms with Crippen LogP contribution in [-0.2, 0) is 17.1 Å². The van der Waals surface area contributed by atoms with Gasteiger partial charge in [-0.1, -0.05) is 72.9 Å². The summed E-state index contributed by atoms with van der Waals surface area (Å²) in [6, 6.07) is 20.8. The number of benzene rings is 2. The molecule has 0 bridgehead atoms. The molecular formula is C13H13MnNS2. The van der Waals surface area contributed by atoms with Crippen molar-refractivity contribution in [1.82, 2.24) is 0 Å². The Morgan fingerprint density at radius 1 is 0.824 bits per heavy atom. The van der Waals surface area contributed by atoms with Crippen LogP contribution in [0.25, 0.3) is 11.1 Å². The van der Waals surface area contributed by atoms with Gasteiger partial charge in [-0.3, -0.25) is 0 Å². The van der Waals surface area contributed by atoms with Crippen LogP contribution in [0.4, 0.5) is 0 Å². The Bertz CT molecular complexity index is 390. The normalized spacial score (nSPS) is 8.29. The average Bonchev–Trinajstić information content (AvgIpc) is 2.31. The third kappa shape index (κ3) is 7.18. The van der Waals surface area contributed by atoms with Crippen molar-refractivity contribution in [2.45, 2.75) is 0 Å². The van der Waals surface area contributed by atoms with E-state index in [1.54, 1.807) is 0 Å². The summed E-state index contributed by atoms with van der Waals surface area (Å²) in [7, 11) is 0. The SMILES string of the molecule is NC(=S)S.[Mn].c1ccc(-c2ccccc2)cc1. The second kappa shape index (κ2) is 9.25. The number of hydrogen-bond acceptors (Lipinski definition) is 1. The molecule has 1 radical (unpaired) electrons. The Kier molecular flexibility index (Phi) is 8.82. The molecule has 0 fully saturated rings. The molecule has 0 aliphatic rings. The van der Waals surface area contributed by atoms with Crippen molar-refractivity contribution in [3.63, 3.8) is 0 Å². The molecule has 0 aliphatic carbocycles. The molecule has 0 saturated heterocycles. The summed E-state index contributed by atoms with van der Waals surface area (Å²) in [5, 5.41) is 0. The second-order valence-electron chi connectivity index (χ2n) is 3.07. The maximum Gasteiger partial charge on any atom is 0.128 e. The Hall–Kier alpha value is -0.801. The molecule has 0 atom stereocenters. The monoisotopic (exact) mass is 302 g/mol. The van der Waals surface area contributed by atoms with E-state index in [4.69, 9.17) is 5.73 Å². The minimum atomic E-state index is 0. The quantitative estimate of drug-likeness (QED) is 0.479. The van der Waals surface area contributed by atoms with Crippen molar-refractivity contribution in [3.8, 4) is 11.1 Å². The summed E-state index contributed by atoms with van der Waals surface area (Å²) in [5.74, 6) is 0. The Morgan fingerprint density at radius 2 is 1.06 bits per heavy atom. The van der Waals surface area contributed by atoms with E-state index in [1.165, 1.54) is 11.1 Å². The van der Waals surface area contributed by atoms with Gasteiger partial charge in [0, 0.05) is 17.1 Å². The Morgan fingerprint density at radius 3 is 1.29 bits per heavy atom. The number of thiocarbonyl (C=S) groups is 1. The van der Waals surface area contributed by atoms with Crippen LogP contribution in [-0.4, -0.2) is 4.32 Å². The van der Waals surface area contributed by atoms with Gasteiger partial charge in [0.1, 0.15) is 4.32 Å². The van der Waals surface area contributed by atoms with Crippen molar-refractivity contribution in [2.24, 2.45) is 5.73 Å². The largest absolute Gasteiger partial charge is 0.385 e. The molecular weight excluding hydrogens is 289 g/mol. The second-order valence-corrected chi connectivity index (χ2v) is 4.29. The van der Waals surface area contributed by atoms with Crippen molar-refractivity contribution in [2.75, 3.05) is 0 Å². The maximum atomic E-state index is 4.71. The zero-order valence-corrected chi connectivity index (χ0v) is 12.0. The third-order valence-electron chi connectivity index (χ3n) is 1.88. The van der Waals surface area contributed by atoms with E-state index in [9.17, 15) is 0 Å². The predicted octanol–water partition coefficient (Wildman–Crippen LogP) is 3.51. The molecule has 0 aromatic heterocycles. The van der Waals surface area contributed by atoms with Crippen LogP contribution in [0.15, 0.2) is 60.7 Å². The Balaban J connectivity index is 0.000000453. The summed E-state index contributed by atoms with van der Waals surface area (Å²) < 4.78 is 0.194. The fourth-order valence-electron chi connectivity index (χ4n) is 1.26. The van der Waals surface area contributed by atoms with E-state index in [0.29, 0.717) is 0 Å². The van der Waals surface area contributed by atoms with Gasteiger partial charge in [-0.25, -0.2) is 0 Å². The van der Waals surface area contributed by atoms with E-state index in [2.05, 4.69) is 73.4 Å². The molecule has 17 heavy (non-hydrogen) atoms. The molecule has 0 unspecified atom stereocenters. The van der Waals surface area contributed by atoms with Gasteiger partial charge in [-0.05, 0) is 11.1 Å². The minimum absolute atomic E-state index is 0. The average molecular weight is 302 g/mol. The smallest absolute Gasteiger partial charge is 0.128 e. The first kappa shape index (κ1) is 16.2. The number of nitrogens with two attached hydrogens (primary N) is 1. The van der Waals surface area contributed by atoms with E-state index < -0.39 is 0 Å². The molecule has 2 rings (SSSR count). The van der Waals surface area contributed by atoms with Gasteiger partial charge in [0.25, 0.3) is 0 Å². The molecule has 0 amide bonds. The molecule has 2 N–H and O–H groups in total. The summed E-state index contributed by atoms with van der Waals surface area (Å²) >= 11 is 7.65. The van der Waals surface area contributed by atoms with Crippen LogP contribution in [0.5, 0.6) is 0 Å². The molecule has 0 aliphatic heterocycles. The third-order valence-corrected chi connectivity index (χ3v) is 1.88. The van der Waals surface area contributed by atoms with E-state index >= 15 is 0 Å². The minimum Gasteiger partial charge on any atom is -0.385 e. The number of hydrogen-bond donors (Lipinski definition) is 2. The van der Waals surface area contributed by atoms with Crippen molar-refractivity contribution in [3.05, 3.63) is 60.7 Å². The molecule has 2 aromatic rings. The molecule has 0 heterocycles. The van der Waals surface area contributed by atoms with Gasteiger partial charge in [-0.15, -0.1) is 12.6 Å². The van der Waals surface area contributed by atoms with Gasteiger partial charge in [0.2, 0.25) is 0 Å². The first-order valence-electron chi connectivity index (χ1n) is 4.79. The van der Waals surface area contributed by atoms with Gasteiger partial charge in [0.15, 0.2) is 0 Å². The van der Waals surface area contributed by atoms with Gasteiger partial charge in [-0.2, -0.15) is 0 Å². The van der Waals surface area contributed by atoms with Crippen molar-refractivity contribution < 1.29 is 17.1 Å². The van der Waals surface area contributed by atoms with Gasteiger partial charge in [0.05, 0.1) is 0 Å². The molecule has 89 valence electrons. The number of rotatable bonds is 1. The summed E-state index contributed by atoms with van der Waals surface area (Å²) in [4.78, 5) is 0. The molecule has 4 heteroatoms. The van der Waals surface area contributed by atoms with Gasteiger partial charge >= 0.3 is 0 Å². The van der Waals surface area contributed by atoms with Crippen LogP contribution in [0, 0.1) is 0 Å². The van der Waals surface area contributed by atoms with E-state index in [1.807, 2.05) is 12.1 Å². The van der Waals surface area contributed by atoms with E-state index in [-0.39, 0.29) is 21.4 Å². The Labute approximate surface area is 123 Å². The van der Waals surface area contributed by atoms with Crippen molar-refractivity contribution >= 4 is 29.2 Å². The zero-order chi connectivity index (χ0) is 11.8. The van der Waals surface area contributed by atoms with E-state index in [0.717, 1.165) is 0 Å². The van der Waals surface area contributed by atoms with Crippen LogP contribution >= 0.6 is 24.8 Å². The fraction of sp³-hybridized carbons (Fsp3) is 0. The molecule has 0 saturated carbocycles. The van der Waals surface area contributed by atoms with Crippen molar-refractivity contribution in [1.29, 1.82) is 0 Å². The summed E-state index contributed by atoms with van der Waals surface area (Å²) in [6.45, 7) is 0. The zero-order valence-electron chi connectivity index (χ0n) is 9.08. The van der Waals surface area contributed by atoms with Crippen LogP contribution in [0.1, 0.15) is 0 Å². The molecule has 0 spiro atoms.